The van der Waals surface area contributed by atoms with Crippen molar-refractivity contribution in [2.24, 2.45) is 0 Å². The van der Waals surface area contributed by atoms with E-state index in [1.165, 1.54) is 6.08 Å². The number of hydrogen-bond donors (Lipinski definition) is 2. The number of carbonyl (C=O) groups excluding carboxylic acids is 1. The number of nitrogens with one attached hydrogen (secondary N) is 1. The highest BCUT2D eigenvalue weighted by Gasteiger charge is 1.99. The zero-order chi connectivity index (χ0) is 14.5. The lowest BCUT2D eigenvalue weighted by Crippen LogP contribution is -2.07. The molecule has 0 spiro atoms. The zero-order valence-electron chi connectivity index (χ0n) is 11.1. The van der Waals surface area contributed by atoms with Crippen molar-refractivity contribution >= 4 is 35.0 Å². The highest BCUT2D eigenvalue weighted by atomic mass is 35.5. The third-order valence-corrected chi connectivity index (χ3v) is 3.08. The summed E-state index contributed by atoms with van der Waals surface area (Å²) in [7, 11) is 0. The number of aryl methyl sites for hydroxylation is 1. The summed E-state index contributed by atoms with van der Waals surface area (Å²) in [4.78, 5) is 11.8. The van der Waals surface area contributed by atoms with Crippen LogP contribution in [-0.4, -0.2) is 5.91 Å². The Labute approximate surface area is 123 Å². The summed E-state index contributed by atoms with van der Waals surface area (Å²) in [6.07, 6.45) is 3.16. The van der Waals surface area contributed by atoms with E-state index in [-0.39, 0.29) is 5.91 Å². The lowest BCUT2D eigenvalue weighted by molar-refractivity contribution is -0.111. The monoisotopic (exact) mass is 286 g/mol. The molecule has 102 valence electrons. The molecule has 0 aliphatic heterocycles. The molecule has 1 amide bonds. The maximum Gasteiger partial charge on any atom is 0.248 e. The van der Waals surface area contributed by atoms with Crippen LogP contribution in [0.2, 0.25) is 5.02 Å². The molecule has 0 fully saturated rings. The molecule has 20 heavy (non-hydrogen) atoms. The molecule has 2 aromatic rings. The normalized spacial score (nSPS) is 10.7. The summed E-state index contributed by atoms with van der Waals surface area (Å²) in [5.41, 5.74) is 8.89. The number of benzene rings is 2. The standard InChI is InChI=1S/C16H15ClN2O/c1-11-3-2-4-13(9-11)19-16(20)8-6-12-5-7-14(17)15(18)10-12/h2-10H,18H2,1H3,(H,19,20)/b8-6+. The molecule has 4 heteroatoms. The summed E-state index contributed by atoms with van der Waals surface area (Å²) < 4.78 is 0. The fourth-order valence-electron chi connectivity index (χ4n) is 1.74. The van der Waals surface area contributed by atoms with Gasteiger partial charge < -0.3 is 11.1 Å². The minimum absolute atomic E-state index is 0.191. The summed E-state index contributed by atoms with van der Waals surface area (Å²) in [5.74, 6) is -0.191. The Morgan fingerprint density at radius 1 is 1.25 bits per heavy atom. The van der Waals surface area contributed by atoms with E-state index in [4.69, 9.17) is 17.3 Å². The van der Waals surface area contributed by atoms with Crippen molar-refractivity contribution in [3.05, 3.63) is 64.7 Å². The van der Waals surface area contributed by atoms with Gasteiger partial charge in [-0.3, -0.25) is 4.79 Å². The van der Waals surface area contributed by atoms with Crippen LogP contribution in [0.25, 0.3) is 6.08 Å². The highest BCUT2D eigenvalue weighted by molar-refractivity contribution is 6.33. The molecule has 0 aromatic heterocycles. The second-order valence-corrected chi connectivity index (χ2v) is 4.88. The molecule has 0 unspecified atom stereocenters. The second kappa shape index (κ2) is 6.26. The van der Waals surface area contributed by atoms with Crippen LogP contribution in [0.15, 0.2) is 48.5 Å². The van der Waals surface area contributed by atoms with Crippen molar-refractivity contribution in [2.45, 2.75) is 6.92 Å². The Morgan fingerprint density at radius 2 is 2.05 bits per heavy atom. The van der Waals surface area contributed by atoms with Crippen LogP contribution in [0.4, 0.5) is 11.4 Å². The molecule has 0 aliphatic rings. The lowest BCUT2D eigenvalue weighted by Gasteiger charge is -2.03. The SMILES string of the molecule is Cc1cccc(NC(=O)/C=C/c2ccc(Cl)c(N)c2)c1. The van der Waals surface area contributed by atoms with Gasteiger partial charge in [-0.2, -0.15) is 0 Å². The van der Waals surface area contributed by atoms with Crippen molar-refractivity contribution in [1.29, 1.82) is 0 Å². The van der Waals surface area contributed by atoms with E-state index in [1.54, 1.807) is 24.3 Å². The van der Waals surface area contributed by atoms with Gasteiger partial charge in [0.1, 0.15) is 0 Å². The predicted molar refractivity (Wildman–Crippen MR) is 84.7 cm³/mol. The van der Waals surface area contributed by atoms with Crippen LogP contribution in [0.1, 0.15) is 11.1 Å². The summed E-state index contributed by atoms with van der Waals surface area (Å²) in [5, 5.41) is 3.30. The van der Waals surface area contributed by atoms with E-state index in [0.717, 1.165) is 16.8 Å². The van der Waals surface area contributed by atoms with Crippen molar-refractivity contribution < 1.29 is 4.79 Å². The number of anilines is 2. The fourth-order valence-corrected chi connectivity index (χ4v) is 1.86. The Bertz CT molecular complexity index is 665. The van der Waals surface area contributed by atoms with Crippen molar-refractivity contribution in [3.63, 3.8) is 0 Å². The van der Waals surface area contributed by atoms with Crippen LogP contribution in [0.3, 0.4) is 0 Å². The highest BCUT2D eigenvalue weighted by Crippen LogP contribution is 2.20. The molecular weight excluding hydrogens is 272 g/mol. The Morgan fingerprint density at radius 3 is 2.75 bits per heavy atom. The van der Waals surface area contributed by atoms with Gasteiger partial charge in [0, 0.05) is 11.8 Å². The minimum atomic E-state index is -0.191. The first-order valence-corrected chi connectivity index (χ1v) is 6.53. The van der Waals surface area contributed by atoms with Gasteiger partial charge >= 0.3 is 0 Å². The number of carbonyl (C=O) groups is 1. The molecule has 0 bridgehead atoms. The third-order valence-electron chi connectivity index (χ3n) is 2.73. The number of nitrogen functional groups attached to an aromatic ring is 1. The Kier molecular flexibility index (Phi) is 4.43. The average molecular weight is 287 g/mol. The molecular formula is C16H15ClN2O. The molecule has 2 aromatic carbocycles. The molecule has 0 saturated carbocycles. The van der Waals surface area contributed by atoms with Crippen LogP contribution >= 0.6 is 11.6 Å². The Hall–Kier alpha value is -2.26. The van der Waals surface area contributed by atoms with E-state index in [1.807, 2.05) is 31.2 Å². The molecule has 0 heterocycles. The van der Waals surface area contributed by atoms with Crippen LogP contribution in [0, 0.1) is 6.92 Å². The van der Waals surface area contributed by atoms with E-state index in [0.29, 0.717) is 10.7 Å². The van der Waals surface area contributed by atoms with Crippen LogP contribution in [-0.2, 0) is 4.79 Å². The van der Waals surface area contributed by atoms with Gasteiger partial charge in [-0.15, -0.1) is 0 Å². The van der Waals surface area contributed by atoms with E-state index in [9.17, 15) is 4.79 Å². The summed E-state index contributed by atoms with van der Waals surface area (Å²) in [6.45, 7) is 1.97. The van der Waals surface area contributed by atoms with Gasteiger partial charge in [-0.1, -0.05) is 29.8 Å². The topological polar surface area (TPSA) is 55.1 Å². The van der Waals surface area contributed by atoms with Crippen molar-refractivity contribution in [2.75, 3.05) is 11.1 Å². The maximum absolute atomic E-state index is 11.8. The second-order valence-electron chi connectivity index (χ2n) is 4.47. The predicted octanol–water partition coefficient (Wildman–Crippen LogP) is 3.88. The van der Waals surface area contributed by atoms with Gasteiger partial charge in [-0.05, 0) is 48.4 Å². The summed E-state index contributed by atoms with van der Waals surface area (Å²) >= 11 is 5.84. The van der Waals surface area contributed by atoms with Crippen molar-refractivity contribution in [1.82, 2.24) is 0 Å². The lowest BCUT2D eigenvalue weighted by atomic mass is 10.2. The quantitative estimate of drug-likeness (QED) is 0.664. The van der Waals surface area contributed by atoms with E-state index in [2.05, 4.69) is 5.32 Å². The average Bonchev–Trinajstić information content (AvgIpc) is 2.40. The van der Waals surface area contributed by atoms with Gasteiger partial charge in [0.05, 0.1) is 10.7 Å². The zero-order valence-corrected chi connectivity index (χ0v) is 11.8. The number of hydrogen-bond acceptors (Lipinski definition) is 2. The van der Waals surface area contributed by atoms with Gasteiger partial charge in [0.15, 0.2) is 0 Å². The minimum Gasteiger partial charge on any atom is -0.398 e. The smallest absolute Gasteiger partial charge is 0.248 e. The van der Waals surface area contributed by atoms with Gasteiger partial charge in [0.25, 0.3) is 0 Å². The molecule has 3 nitrogen and oxygen atoms in total. The number of rotatable bonds is 3. The number of amides is 1. The number of nitrogens with two attached hydrogens (primary N) is 1. The maximum atomic E-state index is 11.8. The van der Waals surface area contributed by atoms with E-state index >= 15 is 0 Å². The van der Waals surface area contributed by atoms with Crippen LogP contribution in [0.5, 0.6) is 0 Å². The van der Waals surface area contributed by atoms with Gasteiger partial charge in [-0.25, -0.2) is 0 Å². The first-order chi connectivity index (χ1) is 9.54. The summed E-state index contributed by atoms with van der Waals surface area (Å²) in [6, 6.07) is 12.9. The fraction of sp³-hybridized carbons (Fsp3) is 0.0625. The molecule has 2 rings (SSSR count). The molecule has 3 N–H and O–H groups in total. The van der Waals surface area contributed by atoms with E-state index < -0.39 is 0 Å². The molecule has 0 atom stereocenters. The first-order valence-electron chi connectivity index (χ1n) is 6.15. The molecule has 0 saturated heterocycles. The van der Waals surface area contributed by atoms with Crippen LogP contribution < -0.4 is 11.1 Å². The Balaban J connectivity index is 2.03. The number of halogens is 1. The third kappa shape index (κ3) is 3.87. The van der Waals surface area contributed by atoms with Crippen molar-refractivity contribution in [3.8, 4) is 0 Å². The molecule has 0 radical (unpaired) electrons. The molecule has 0 aliphatic carbocycles. The first kappa shape index (κ1) is 14.2. The largest absolute Gasteiger partial charge is 0.398 e. The van der Waals surface area contributed by atoms with Gasteiger partial charge in [0.2, 0.25) is 5.91 Å².